The highest BCUT2D eigenvalue weighted by atomic mass is 35.5. The van der Waals surface area contributed by atoms with Crippen molar-refractivity contribution in [2.75, 3.05) is 37.0 Å². The second kappa shape index (κ2) is 8.05. The van der Waals surface area contributed by atoms with Gasteiger partial charge >= 0.3 is 0 Å². The second-order valence-corrected chi connectivity index (χ2v) is 6.98. The van der Waals surface area contributed by atoms with E-state index < -0.39 is 16.6 Å². The molecular weight excluding hydrogens is 366 g/mol. The Morgan fingerprint density at radius 1 is 1.24 bits per heavy atom. The van der Waals surface area contributed by atoms with Crippen molar-refractivity contribution in [3.8, 4) is 11.4 Å². The van der Waals surface area contributed by atoms with Gasteiger partial charge < -0.3 is 14.4 Å². The molecule has 25 heavy (non-hydrogen) atoms. The molecule has 1 aliphatic heterocycles. The zero-order valence-corrected chi connectivity index (χ0v) is 15.0. The van der Waals surface area contributed by atoms with E-state index in [1.165, 1.54) is 0 Å². The lowest BCUT2D eigenvalue weighted by atomic mass is 10.2. The third kappa shape index (κ3) is 4.43. The van der Waals surface area contributed by atoms with Crippen molar-refractivity contribution in [1.29, 1.82) is 0 Å². The molecule has 0 aromatic carbocycles. The van der Waals surface area contributed by atoms with Gasteiger partial charge in [-0.2, -0.15) is 0 Å². The van der Waals surface area contributed by atoms with Gasteiger partial charge in [-0.3, -0.25) is 14.7 Å². The maximum atomic E-state index is 12.2. The first kappa shape index (κ1) is 18.0. The number of aromatic nitrogens is 3. The van der Waals surface area contributed by atoms with Crippen molar-refractivity contribution >= 4 is 28.5 Å². The molecule has 0 spiro atoms. The molecule has 2 aromatic rings. The first-order valence-electron chi connectivity index (χ1n) is 7.79. The second-order valence-electron chi connectivity index (χ2n) is 5.70. The van der Waals surface area contributed by atoms with Gasteiger partial charge in [-0.25, -0.2) is 9.19 Å². The summed E-state index contributed by atoms with van der Waals surface area (Å²) in [7, 11) is 0. The van der Waals surface area contributed by atoms with Crippen LogP contribution in [-0.2, 0) is 11.1 Å². The van der Waals surface area contributed by atoms with Crippen LogP contribution in [0.15, 0.2) is 29.3 Å². The van der Waals surface area contributed by atoms with Crippen molar-refractivity contribution in [2.24, 2.45) is 0 Å². The van der Waals surface area contributed by atoms with E-state index in [0.717, 1.165) is 12.0 Å². The van der Waals surface area contributed by atoms with E-state index in [-0.39, 0.29) is 10.9 Å². The molecule has 2 aromatic heterocycles. The summed E-state index contributed by atoms with van der Waals surface area (Å²) in [4.78, 5) is 27.3. The molecule has 8 nitrogen and oxygen atoms in total. The monoisotopic (exact) mass is 383 g/mol. The summed E-state index contributed by atoms with van der Waals surface area (Å²) in [6.07, 6.45) is 4.04. The number of pyridine rings is 1. The Bertz CT molecular complexity index is 817. The van der Waals surface area contributed by atoms with E-state index in [1.54, 1.807) is 24.5 Å². The Labute approximate surface area is 152 Å². The summed E-state index contributed by atoms with van der Waals surface area (Å²) < 4.78 is 20.1. The van der Waals surface area contributed by atoms with Gasteiger partial charge in [-0.15, -0.1) is 0 Å². The van der Waals surface area contributed by atoms with Crippen LogP contribution < -0.4 is 10.5 Å². The van der Waals surface area contributed by atoms with Crippen LogP contribution >= 0.6 is 11.6 Å². The number of hydrogen-bond acceptors (Lipinski definition) is 6. The van der Waals surface area contributed by atoms with Crippen LogP contribution in [0.2, 0.25) is 5.02 Å². The van der Waals surface area contributed by atoms with Gasteiger partial charge in [0.15, 0.2) is 16.9 Å². The minimum Gasteiger partial charge on any atom is -0.354 e. The highest BCUT2D eigenvalue weighted by Crippen LogP contribution is 2.24. The highest BCUT2D eigenvalue weighted by Gasteiger charge is 2.21. The van der Waals surface area contributed by atoms with Gasteiger partial charge in [0.25, 0.3) is 5.56 Å². The fourth-order valence-corrected chi connectivity index (χ4v) is 3.55. The largest absolute Gasteiger partial charge is 0.354 e. The van der Waals surface area contributed by atoms with Crippen molar-refractivity contribution in [3.05, 3.63) is 39.9 Å². The number of aromatic amines is 1. The molecule has 10 heteroatoms. The molecule has 0 amide bonds. The fourth-order valence-electron chi connectivity index (χ4n) is 2.77. The molecule has 134 valence electrons. The lowest BCUT2D eigenvalue weighted by Gasteiger charge is -2.23. The number of H-pyrrole nitrogens is 1. The van der Waals surface area contributed by atoms with Crippen LogP contribution in [0.4, 0.5) is 5.82 Å². The summed E-state index contributed by atoms with van der Waals surface area (Å²) in [5.41, 5.74) is 0.355. The molecule has 0 saturated carbocycles. The topological polar surface area (TPSA) is 102 Å². The average molecular weight is 384 g/mol. The molecule has 1 aliphatic rings. The van der Waals surface area contributed by atoms with E-state index in [0.29, 0.717) is 37.8 Å². The minimum absolute atomic E-state index is 0.0528. The zero-order valence-electron chi connectivity index (χ0n) is 13.4. The molecule has 1 saturated heterocycles. The number of nitrogens with zero attached hydrogens (tertiary/aromatic N) is 4. The number of rotatable bonds is 4. The van der Waals surface area contributed by atoms with Gasteiger partial charge in [0.05, 0.1) is 0 Å². The Kier molecular flexibility index (Phi) is 5.79. The fraction of sp³-hybridized carbons (Fsp3) is 0.400. The first-order chi connectivity index (χ1) is 12.0. The number of anilines is 1. The summed E-state index contributed by atoms with van der Waals surface area (Å²) in [6.45, 7) is 2.55. The molecule has 0 bridgehead atoms. The molecular formula is C15H18ClN5O3S. The van der Waals surface area contributed by atoms with Crippen LogP contribution in [-0.4, -0.2) is 60.7 Å². The van der Waals surface area contributed by atoms with Gasteiger partial charge in [0, 0.05) is 44.1 Å². The lowest BCUT2D eigenvalue weighted by Crippen LogP contribution is -2.33. The predicted molar refractivity (Wildman–Crippen MR) is 97.1 cm³/mol. The number of hydrogen-bond donors (Lipinski definition) is 2. The van der Waals surface area contributed by atoms with Gasteiger partial charge in [0.2, 0.25) is 0 Å². The SMILES string of the molecule is O=c1[nH]c(-c2ccncc2)nc(N2CCCN(CS(=O)O)CC2)c1Cl. The van der Waals surface area contributed by atoms with Crippen LogP contribution in [0.25, 0.3) is 11.4 Å². The molecule has 1 fully saturated rings. The standard InChI is InChI=1S/C15H18ClN5O3S/c16-12-14(21-7-1-6-20(8-9-21)10-25(23)24)18-13(19-15(12)22)11-2-4-17-5-3-11/h2-5H,1,6-10H2,(H,23,24)(H,18,19,22). The summed E-state index contributed by atoms with van der Waals surface area (Å²) in [5, 5.41) is 0.0528. The van der Waals surface area contributed by atoms with Gasteiger partial charge in [-0.05, 0) is 18.6 Å². The Balaban J connectivity index is 1.88. The predicted octanol–water partition coefficient (Wildman–Crippen LogP) is 1.18. The number of nitrogens with one attached hydrogen (secondary N) is 1. The lowest BCUT2D eigenvalue weighted by molar-refractivity contribution is 0.334. The van der Waals surface area contributed by atoms with Crippen molar-refractivity contribution in [3.63, 3.8) is 0 Å². The van der Waals surface area contributed by atoms with Crippen molar-refractivity contribution in [2.45, 2.75) is 6.42 Å². The summed E-state index contributed by atoms with van der Waals surface area (Å²) in [5.74, 6) is 0.987. The number of halogens is 1. The maximum Gasteiger partial charge on any atom is 0.272 e. The van der Waals surface area contributed by atoms with E-state index in [4.69, 9.17) is 16.2 Å². The smallest absolute Gasteiger partial charge is 0.272 e. The molecule has 3 heterocycles. The third-order valence-corrected chi connectivity index (χ3v) is 4.91. The van der Waals surface area contributed by atoms with E-state index >= 15 is 0 Å². The van der Waals surface area contributed by atoms with Crippen molar-refractivity contribution in [1.82, 2.24) is 19.9 Å². The molecule has 3 rings (SSSR count). The quantitative estimate of drug-likeness (QED) is 0.764. The molecule has 1 unspecified atom stereocenters. The first-order valence-corrected chi connectivity index (χ1v) is 9.45. The summed E-state index contributed by atoms with van der Waals surface area (Å²) in [6, 6.07) is 3.52. The van der Waals surface area contributed by atoms with Crippen LogP contribution in [0, 0.1) is 0 Å². The van der Waals surface area contributed by atoms with E-state index in [2.05, 4.69) is 15.0 Å². The Morgan fingerprint density at radius 2 is 2.00 bits per heavy atom. The van der Waals surface area contributed by atoms with E-state index in [1.807, 2.05) is 9.80 Å². The van der Waals surface area contributed by atoms with E-state index in [9.17, 15) is 9.00 Å². The Morgan fingerprint density at radius 3 is 2.72 bits per heavy atom. The zero-order chi connectivity index (χ0) is 17.8. The molecule has 0 radical (unpaired) electrons. The summed E-state index contributed by atoms with van der Waals surface area (Å²) >= 11 is 4.34. The normalized spacial score (nSPS) is 17.3. The molecule has 1 atom stereocenters. The van der Waals surface area contributed by atoms with Crippen LogP contribution in [0.1, 0.15) is 6.42 Å². The van der Waals surface area contributed by atoms with Gasteiger partial charge in [-0.1, -0.05) is 11.6 Å². The van der Waals surface area contributed by atoms with Crippen LogP contribution in [0.3, 0.4) is 0 Å². The third-order valence-electron chi connectivity index (χ3n) is 3.98. The van der Waals surface area contributed by atoms with Gasteiger partial charge in [0.1, 0.15) is 16.7 Å². The maximum absolute atomic E-state index is 12.2. The molecule has 0 aliphatic carbocycles. The average Bonchev–Trinajstić information content (AvgIpc) is 2.83. The van der Waals surface area contributed by atoms with Crippen LogP contribution in [0.5, 0.6) is 0 Å². The Hall–Kier alpha value is -1.81. The minimum atomic E-state index is -1.86. The highest BCUT2D eigenvalue weighted by molar-refractivity contribution is 7.79. The van der Waals surface area contributed by atoms with Crippen molar-refractivity contribution < 1.29 is 8.76 Å². The molecule has 2 N–H and O–H groups in total.